The maximum Gasteiger partial charge on any atom is 0.254 e. The van der Waals surface area contributed by atoms with Crippen LogP contribution in [0.3, 0.4) is 0 Å². The van der Waals surface area contributed by atoms with E-state index in [1.165, 1.54) is 0 Å². The summed E-state index contributed by atoms with van der Waals surface area (Å²) in [4.78, 5) is 31.3. The van der Waals surface area contributed by atoms with Crippen LogP contribution in [0.5, 0.6) is 0 Å². The largest absolute Gasteiger partial charge is 0.386 e. The summed E-state index contributed by atoms with van der Waals surface area (Å²) < 4.78 is 0. The van der Waals surface area contributed by atoms with Gasteiger partial charge in [-0.2, -0.15) is 0 Å². The third-order valence-corrected chi connectivity index (χ3v) is 4.84. The minimum atomic E-state index is -1.01. The van der Waals surface area contributed by atoms with Crippen LogP contribution in [0.2, 0.25) is 0 Å². The van der Waals surface area contributed by atoms with Crippen LogP contribution in [0, 0.1) is 0 Å². The molecule has 2 aromatic heterocycles. The van der Waals surface area contributed by atoms with Gasteiger partial charge in [-0.15, -0.1) is 0 Å². The number of hydrogen-bond acceptors (Lipinski definition) is 7. The van der Waals surface area contributed by atoms with E-state index in [0.29, 0.717) is 30.4 Å². The van der Waals surface area contributed by atoms with Gasteiger partial charge in [0.2, 0.25) is 5.95 Å². The van der Waals surface area contributed by atoms with Crippen LogP contribution in [0.25, 0.3) is 0 Å². The van der Waals surface area contributed by atoms with Crippen molar-refractivity contribution in [1.29, 1.82) is 0 Å². The third kappa shape index (κ3) is 3.80. The first-order valence-electron chi connectivity index (χ1n) is 8.97. The van der Waals surface area contributed by atoms with E-state index in [2.05, 4.69) is 25.3 Å². The Kier molecular flexibility index (Phi) is 4.50. The highest BCUT2D eigenvalue weighted by Crippen LogP contribution is 2.37. The highest BCUT2D eigenvalue weighted by atomic mass is 16.3. The van der Waals surface area contributed by atoms with Crippen molar-refractivity contribution in [1.82, 2.24) is 25.3 Å². The van der Waals surface area contributed by atoms with Crippen LogP contribution in [-0.2, 0) is 0 Å². The Bertz CT molecular complexity index is 765. The highest BCUT2D eigenvalue weighted by molar-refractivity contribution is 5.93. The molecule has 1 saturated carbocycles. The smallest absolute Gasteiger partial charge is 0.254 e. The molecule has 3 heterocycles. The topological polar surface area (TPSA) is 104 Å². The molecular weight excluding hydrogens is 332 g/mol. The zero-order valence-corrected chi connectivity index (χ0v) is 14.5. The van der Waals surface area contributed by atoms with Crippen LogP contribution in [-0.4, -0.2) is 56.2 Å². The second kappa shape index (κ2) is 6.95. The van der Waals surface area contributed by atoms with Crippen LogP contribution in [0.1, 0.15) is 47.8 Å². The van der Waals surface area contributed by atoms with Crippen LogP contribution >= 0.6 is 0 Å². The number of nitrogens with one attached hydrogen (secondary N) is 1. The number of rotatable bonds is 5. The summed E-state index contributed by atoms with van der Waals surface area (Å²) in [6.45, 7) is 1.34. The SMILES string of the molecule is O=C(NC[C@@]1(O)CCCN(c2ncccn2)C1)c1cnc(C2CC2)nc1. The number of aromatic nitrogens is 4. The number of nitrogens with zero attached hydrogens (tertiary/aromatic N) is 5. The first-order valence-corrected chi connectivity index (χ1v) is 8.97. The van der Waals surface area contributed by atoms with Gasteiger partial charge in [-0.3, -0.25) is 4.79 Å². The average molecular weight is 354 g/mol. The molecule has 0 bridgehead atoms. The van der Waals surface area contributed by atoms with Gasteiger partial charge in [0.15, 0.2) is 0 Å². The Morgan fingerprint density at radius 2 is 1.96 bits per heavy atom. The molecule has 1 atom stereocenters. The second-order valence-corrected chi connectivity index (χ2v) is 7.09. The normalized spacial score (nSPS) is 22.9. The maximum atomic E-state index is 12.3. The van der Waals surface area contributed by atoms with E-state index in [1.807, 2.05) is 4.90 Å². The summed E-state index contributed by atoms with van der Waals surface area (Å²) >= 11 is 0. The van der Waals surface area contributed by atoms with Crippen molar-refractivity contribution in [2.45, 2.75) is 37.2 Å². The van der Waals surface area contributed by atoms with Crippen molar-refractivity contribution in [2.75, 3.05) is 24.5 Å². The number of anilines is 1. The number of β-amino-alcohol motifs (C(OH)–C–C–N with tert-alkyl or cyclic N) is 1. The summed E-state index contributed by atoms with van der Waals surface area (Å²) in [6.07, 6.45) is 10.2. The van der Waals surface area contributed by atoms with E-state index in [0.717, 1.165) is 31.6 Å². The van der Waals surface area contributed by atoms with Crippen molar-refractivity contribution in [3.63, 3.8) is 0 Å². The molecule has 2 aliphatic rings. The van der Waals surface area contributed by atoms with Crippen LogP contribution in [0.4, 0.5) is 5.95 Å². The number of carbonyl (C=O) groups is 1. The Balaban J connectivity index is 1.35. The quantitative estimate of drug-likeness (QED) is 0.822. The predicted octanol–water partition coefficient (Wildman–Crippen LogP) is 0.905. The molecule has 1 saturated heterocycles. The zero-order valence-electron chi connectivity index (χ0n) is 14.5. The highest BCUT2D eigenvalue weighted by Gasteiger charge is 2.34. The standard InChI is InChI=1S/C18H22N6O2/c25-16(14-9-21-15(22-10-14)13-3-4-13)23-11-18(26)5-1-8-24(12-18)17-19-6-2-7-20-17/h2,6-7,9-10,13,26H,1,3-5,8,11-12H2,(H,23,25)/t18-/m0/s1. The minimum absolute atomic E-state index is 0.166. The van der Waals surface area contributed by atoms with E-state index in [9.17, 15) is 9.90 Å². The molecule has 0 spiro atoms. The fraction of sp³-hybridized carbons (Fsp3) is 0.500. The molecular formula is C18H22N6O2. The van der Waals surface area contributed by atoms with Gasteiger partial charge in [-0.05, 0) is 31.7 Å². The summed E-state index contributed by atoms with van der Waals surface area (Å²) in [5.41, 5.74) is -0.598. The van der Waals surface area contributed by atoms with Crippen molar-refractivity contribution in [2.24, 2.45) is 0 Å². The van der Waals surface area contributed by atoms with Gasteiger partial charge >= 0.3 is 0 Å². The first-order chi connectivity index (χ1) is 12.6. The van der Waals surface area contributed by atoms with Gasteiger partial charge in [0.1, 0.15) is 5.82 Å². The molecule has 0 radical (unpaired) electrons. The molecule has 8 nitrogen and oxygen atoms in total. The van der Waals surface area contributed by atoms with Crippen molar-refractivity contribution < 1.29 is 9.90 Å². The van der Waals surface area contributed by atoms with Crippen molar-refractivity contribution in [3.8, 4) is 0 Å². The molecule has 2 fully saturated rings. The monoisotopic (exact) mass is 354 g/mol. The minimum Gasteiger partial charge on any atom is -0.386 e. The summed E-state index contributed by atoms with van der Waals surface area (Å²) in [6, 6.07) is 1.76. The fourth-order valence-corrected chi connectivity index (χ4v) is 3.24. The van der Waals surface area contributed by atoms with E-state index < -0.39 is 5.60 Å². The molecule has 1 aliphatic carbocycles. The lowest BCUT2D eigenvalue weighted by Crippen LogP contribution is -2.54. The lowest BCUT2D eigenvalue weighted by atomic mass is 9.93. The Hall–Kier alpha value is -2.61. The predicted molar refractivity (Wildman–Crippen MR) is 94.8 cm³/mol. The maximum absolute atomic E-state index is 12.3. The van der Waals surface area contributed by atoms with E-state index in [-0.39, 0.29) is 12.5 Å². The lowest BCUT2D eigenvalue weighted by Gasteiger charge is -2.39. The van der Waals surface area contributed by atoms with Crippen molar-refractivity contribution >= 4 is 11.9 Å². The summed E-state index contributed by atoms with van der Waals surface area (Å²) in [5, 5.41) is 13.7. The molecule has 2 N–H and O–H groups in total. The molecule has 8 heteroatoms. The molecule has 1 amide bonds. The number of carbonyl (C=O) groups excluding carboxylic acids is 1. The van der Waals surface area contributed by atoms with Gasteiger partial charge in [0.05, 0.1) is 17.7 Å². The Labute approximate surface area is 151 Å². The van der Waals surface area contributed by atoms with E-state index in [4.69, 9.17) is 0 Å². The van der Waals surface area contributed by atoms with Crippen molar-refractivity contribution in [3.05, 3.63) is 42.2 Å². The lowest BCUT2D eigenvalue weighted by molar-refractivity contribution is 0.0252. The van der Waals surface area contributed by atoms with Gasteiger partial charge < -0.3 is 15.3 Å². The second-order valence-electron chi connectivity index (χ2n) is 7.09. The van der Waals surface area contributed by atoms with Gasteiger partial charge in [-0.25, -0.2) is 19.9 Å². The number of aliphatic hydroxyl groups is 1. The Morgan fingerprint density at radius 3 is 2.65 bits per heavy atom. The average Bonchev–Trinajstić information content (AvgIpc) is 3.52. The molecule has 0 unspecified atom stereocenters. The molecule has 26 heavy (non-hydrogen) atoms. The fourth-order valence-electron chi connectivity index (χ4n) is 3.24. The molecule has 0 aromatic carbocycles. The molecule has 136 valence electrons. The summed E-state index contributed by atoms with van der Waals surface area (Å²) in [5.74, 6) is 1.60. The number of amides is 1. The third-order valence-electron chi connectivity index (χ3n) is 4.84. The number of piperidine rings is 1. The van der Waals surface area contributed by atoms with Crippen LogP contribution in [0.15, 0.2) is 30.9 Å². The van der Waals surface area contributed by atoms with E-state index in [1.54, 1.807) is 30.9 Å². The molecule has 4 rings (SSSR count). The van der Waals surface area contributed by atoms with Gasteiger partial charge in [0, 0.05) is 43.8 Å². The molecule has 2 aromatic rings. The van der Waals surface area contributed by atoms with E-state index >= 15 is 0 Å². The number of hydrogen-bond donors (Lipinski definition) is 2. The zero-order chi connectivity index (χ0) is 18.0. The van der Waals surface area contributed by atoms with Gasteiger partial charge in [0.25, 0.3) is 5.91 Å². The van der Waals surface area contributed by atoms with Crippen LogP contribution < -0.4 is 10.2 Å². The van der Waals surface area contributed by atoms with Gasteiger partial charge in [-0.1, -0.05) is 0 Å². The first kappa shape index (κ1) is 16.8. The summed E-state index contributed by atoms with van der Waals surface area (Å²) in [7, 11) is 0. The molecule has 1 aliphatic heterocycles. The Morgan fingerprint density at radius 1 is 1.23 bits per heavy atom.